The van der Waals surface area contributed by atoms with Gasteiger partial charge in [-0.15, -0.1) is 0 Å². The minimum Gasteiger partial charge on any atom is -0.508 e. The van der Waals surface area contributed by atoms with Gasteiger partial charge < -0.3 is 14.9 Å². The van der Waals surface area contributed by atoms with Crippen molar-refractivity contribution in [1.29, 1.82) is 0 Å². The topological polar surface area (TPSA) is 49.7 Å². The number of phenolic OH excluding ortho intramolecular Hbond substituents is 2. The third-order valence-corrected chi connectivity index (χ3v) is 4.03. The molecule has 0 fully saturated rings. The van der Waals surface area contributed by atoms with Gasteiger partial charge in [-0.1, -0.05) is 12.1 Å². The fourth-order valence-electron chi connectivity index (χ4n) is 2.58. The van der Waals surface area contributed by atoms with E-state index in [1.807, 2.05) is 6.07 Å². The van der Waals surface area contributed by atoms with Crippen molar-refractivity contribution < 1.29 is 14.9 Å². The van der Waals surface area contributed by atoms with Crippen molar-refractivity contribution >= 4 is 0 Å². The molecule has 2 N–H and O–H groups in total. The van der Waals surface area contributed by atoms with E-state index in [9.17, 15) is 10.2 Å². The van der Waals surface area contributed by atoms with Crippen molar-refractivity contribution in [2.24, 2.45) is 0 Å². The Kier molecular flexibility index (Phi) is 4.73. The lowest BCUT2D eigenvalue weighted by Gasteiger charge is -2.12. The summed E-state index contributed by atoms with van der Waals surface area (Å²) in [5.74, 6) is 1.18. The van der Waals surface area contributed by atoms with E-state index in [0.717, 1.165) is 30.6 Å². The van der Waals surface area contributed by atoms with Gasteiger partial charge in [-0.05, 0) is 67.5 Å². The molecule has 0 aliphatic carbocycles. The van der Waals surface area contributed by atoms with E-state index >= 15 is 0 Å². The maximum atomic E-state index is 9.78. The van der Waals surface area contributed by atoms with Crippen LogP contribution in [-0.2, 0) is 12.8 Å². The molecule has 2 aromatic carbocycles. The van der Waals surface area contributed by atoms with Crippen molar-refractivity contribution in [1.82, 2.24) is 0 Å². The van der Waals surface area contributed by atoms with Gasteiger partial charge in [0, 0.05) is 6.07 Å². The standard InChI is InChI=1S/C18H22O3/c1-12-13(2)18(21-3)10-8-14(12)5-4-6-15-7-9-16(19)11-17(15)20/h7-11,19-20H,4-6H2,1-3H3. The molecule has 0 bridgehead atoms. The highest BCUT2D eigenvalue weighted by molar-refractivity contribution is 5.44. The molecule has 3 heteroatoms. The number of rotatable bonds is 5. The Labute approximate surface area is 125 Å². The second kappa shape index (κ2) is 6.53. The molecule has 0 saturated carbocycles. The second-order valence-electron chi connectivity index (χ2n) is 5.34. The van der Waals surface area contributed by atoms with Gasteiger partial charge in [0.1, 0.15) is 17.2 Å². The van der Waals surface area contributed by atoms with Gasteiger partial charge in [-0.2, -0.15) is 0 Å². The average Bonchev–Trinajstić information content (AvgIpc) is 2.46. The third kappa shape index (κ3) is 3.48. The minimum atomic E-state index is 0.0953. The van der Waals surface area contributed by atoms with Crippen molar-refractivity contribution in [2.45, 2.75) is 33.1 Å². The summed E-state index contributed by atoms with van der Waals surface area (Å²) in [6.45, 7) is 4.19. The summed E-state index contributed by atoms with van der Waals surface area (Å²) in [5.41, 5.74) is 4.63. The van der Waals surface area contributed by atoms with E-state index in [-0.39, 0.29) is 11.5 Å². The Morgan fingerprint density at radius 3 is 2.24 bits per heavy atom. The highest BCUT2D eigenvalue weighted by atomic mass is 16.5. The summed E-state index contributed by atoms with van der Waals surface area (Å²) >= 11 is 0. The lowest BCUT2D eigenvalue weighted by atomic mass is 9.97. The van der Waals surface area contributed by atoms with Crippen LogP contribution in [0.1, 0.15) is 28.7 Å². The molecule has 0 unspecified atom stereocenters. The zero-order chi connectivity index (χ0) is 15.4. The molecular weight excluding hydrogens is 264 g/mol. The third-order valence-electron chi connectivity index (χ3n) is 4.03. The molecule has 0 atom stereocenters. The number of aryl methyl sites for hydroxylation is 2. The molecule has 0 saturated heterocycles. The first-order valence-corrected chi connectivity index (χ1v) is 7.17. The number of hydrogen-bond acceptors (Lipinski definition) is 3. The van der Waals surface area contributed by atoms with Crippen LogP contribution < -0.4 is 4.74 Å². The largest absolute Gasteiger partial charge is 0.508 e. The van der Waals surface area contributed by atoms with Crippen LogP contribution in [0.25, 0.3) is 0 Å². The summed E-state index contributed by atoms with van der Waals surface area (Å²) in [5, 5.41) is 19.1. The van der Waals surface area contributed by atoms with E-state index in [1.165, 1.54) is 22.8 Å². The Morgan fingerprint density at radius 2 is 1.57 bits per heavy atom. The average molecular weight is 286 g/mol. The van der Waals surface area contributed by atoms with Crippen molar-refractivity contribution in [3.8, 4) is 17.2 Å². The SMILES string of the molecule is COc1ccc(CCCc2ccc(O)cc2O)c(C)c1C. The molecular formula is C18H22O3. The molecule has 112 valence electrons. The smallest absolute Gasteiger partial charge is 0.122 e. The van der Waals surface area contributed by atoms with Crippen LogP contribution in [0.5, 0.6) is 17.2 Å². The Balaban J connectivity index is 2.02. The summed E-state index contributed by atoms with van der Waals surface area (Å²) < 4.78 is 5.32. The number of phenols is 2. The van der Waals surface area contributed by atoms with Crippen LogP contribution in [-0.4, -0.2) is 17.3 Å². The van der Waals surface area contributed by atoms with Gasteiger partial charge in [0.25, 0.3) is 0 Å². The van der Waals surface area contributed by atoms with Crippen molar-refractivity contribution in [3.63, 3.8) is 0 Å². The summed E-state index contributed by atoms with van der Waals surface area (Å²) in [6.07, 6.45) is 2.69. The number of methoxy groups -OCH3 is 1. The monoisotopic (exact) mass is 286 g/mol. The number of aromatic hydroxyl groups is 2. The normalized spacial score (nSPS) is 10.6. The molecule has 2 rings (SSSR count). The molecule has 0 aliphatic rings. The van der Waals surface area contributed by atoms with Gasteiger partial charge in [0.15, 0.2) is 0 Å². The second-order valence-corrected chi connectivity index (χ2v) is 5.34. The maximum Gasteiger partial charge on any atom is 0.122 e. The lowest BCUT2D eigenvalue weighted by molar-refractivity contribution is 0.411. The van der Waals surface area contributed by atoms with Crippen molar-refractivity contribution in [3.05, 3.63) is 52.6 Å². The number of hydrogen-bond donors (Lipinski definition) is 2. The van der Waals surface area contributed by atoms with Crippen LogP contribution in [0.2, 0.25) is 0 Å². The zero-order valence-corrected chi connectivity index (χ0v) is 12.8. The Hall–Kier alpha value is -2.16. The first-order chi connectivity index (χ1) is 10.0. The summed E-state index contributed by atoms with van der Waals surface area (Å²) in [7, 11) is 1.69. The van der Waals surface area contributed by atoms with Crippen LogP contribution in [0, 0.1) is 13.8 Å². The fourth-order valence-corrected chi connectivity index (χ4v) is 2.58. The van der Waals surface area contributed by atoms with E-state index in [0.29, 0.717) is 0 Å². The fraction of sp³-hybridized carbons (Fsp3) is 0.333. The van der Waals surface area contributed by atoms with E-state index in [4.69, 9.17) is 4.74 Å². The van der Waals surface area contributed by atoms with Gasteiger partial charge in [-0.25, -0.2) is 0 Å². The van der Waals surface area contributed by atoms with E-state index in [2.05, 4.69) is 19.9 Å². The quantitative estimate of drug-likeness (QED) is 0.876. The highest BCUT2D eigenvalue weighted by Gasteiger charge is 2.07. The van der Waals surface area contributed by atoms with E-state index < -0.39 is 0 Å². The van der Waals surface area contributed by atoms with Crippen LogP contribution >= 0.6 is 0 Å². The first-order valence-electron chi connectivity index (χ1n) is 7.17. The van der Waals surface area contributed by atoms with Gasteiger partial charge in [0.05, 0.1) is 7.11 Å². The molecule has 3 nitrogen and oxygen atoms in total. The molecule has 2 aromatic rings. The molecule has 0 spiro atoms. The lowest BCUT2D eigenvalue weighted by Crippen LogP contribution is -1.97. The van der Waals surface area contributed by atoms with Gasteiger partial charge in [0.2, 0.25) is 0 Å². The molecule has 21 heavy (non-hydrogen) atoms. The summed E-state index contributed by atoms with van der Waals surface area (Å²) in [4.78, 5) is 0. The van der Waals surface area contributed by atoms with Gasteiger partial charge in [-0.3, -0.25) is 0 Å². The Morgan fingerprint density at radius 1 is 0.905 bits per heavy atom. The Bertz CT molecular complexity index is 633. The van der Waals surface area contributed by atoms with Gasteiger partial charge >= 0.3 is 0 Å². The van der Waals surface area contributed by atoms with Crippen molar-refractivity contribution in [2.75, 3.05) is 7.11 Å². The predicted molar refractivity (Wildman–Crippen MR) is 84.3 cm³/mol. The molecule has 0 radical (unpaired) electrons. The minimum absolute atomic E-state index is 0.0953. The van der Waals surface area contributed by atoms with Crippen LogP contribution in [0.4, 0.5) is 0 Å². The number of ether oxygens (including phenoxy) is 1. The first kappa shape index (κ1) is 15.2. The molecule has 0 aromatic heterocycles. The maximum absolute atomic E-state index is 9.78. The van der Waals surface area contributed by atoms with Crippen LogP contribution in [0.3, 0.4) is 0 Å². The number of benzene rings is 2. The predicted octanol–water partition coefficient (Wildman–Crippen LogP) is 3.90. The highest BCUT2D eigenvalue weighted by Crippen LogP contribution is 2.27. The summed E-state index contributed by atoms with van der Waals surface area (Å²) in [6, 6.07) is 8.89. The molecule has 0 heterocycles. The molecule has 0 amide bonds. The van der Waals surface area contributed by atoms with E-state index in [1.54, 1.807) is 19.2 Å². The molecule has 0 aliphatic heterocycles. The van der Waals surface area contributed by atoms with Crippen LogP contribution in [0.15, 0.2) is 30.3 Å². The zero-order valence-electron chi connectivity index (χ0n) is 12.8.